The summed E-state index contributed by atoms with van der Waals surface area (Å²) in [6, 6.07) is 18.1. The van der Waals surface area contributed by atoms with E-state index in [0.29, 0.717) is 6.42 Å². The molecule has 0 spiro atoms. The lowest BCUT2D eigenvalue weighted by Crippen LogP contribution is -2.19. The van der Waals surface area contributed by atoms with Crippen molar-refractivity contribution in [3.05, 3.63) is 69.9 Å². The molecule has 2 aromatic carbocycles. The molecule has 3 rings (SSSR count). The predicted molar refractivity (Wildman–Crippen MR) is 92.4 cm³/mol. The van der Waals surface area contributed by atoms with E-state index in [1.165, 1.54) is 4.88 Å². The molecule has 1 heterocycles. The Bertz CT molecular complexity index is 830. The van der Waals surface area contributed by atoms with Crippen molar-refractivity contribution in [2.75, 3.05) is 0 Å². The molecule has 22 heavy (non-hydrogen) atoms. The van der Waals surface area contributed by atoms with Crippen molar-refractivity contribution < 1.29 is 4.79 Å². The van der Waals surface area contributed by atoms with E-state index in [9.17, 15) is 4.79 Å². The molecule has 0 saturated heterocycles. The van der Waals surface area contributed by atoms with Gasteiger partial charge in [0.1, 0.15) is 0 Å². The summed E-state index contributed by atoms with van der Waals surface area (Å²) in [7, 11) is 0. The maximum Gasteiger partial charge on any atom is 0.244 e. The monoisotopic (exact) mass is 308 g/mol. The number of benzene rings is 2. The number of aryl methyl sites for hydroxylation is 1. The molecule has 1 aromatic heterocycles. The van der Waals surface area contributed by atoms with Crippen molar-refractivity contribution in [1.82, 2.24) is 5.43 Å². The van der Waals surface area contributed by atoms with E-state index in [0.717, 1.165) is 21.2 Å². The fourth-order valence-corrected chi connectivity index (χ4v) is 3.10. The summed E-state index contributed by atoms with van der Waals surface area (Å²) in [6.45, 7) is 2.04. The van der Waals surface area contributed by atoms with E-state index in [2.05, 4.69) is 10.5 Å². The zero-order valence-corrected chi connectivity index (χ0v) is 13.1. The summed E-state index contributed by atoms with van der Waals surface area (Å²) in [4.78, 5) is 14.3. The number of hydrazone groups is 1. The molecular weight excluding hydrogens is 292 g/mol. The number of carbonyl (C=O) groups excluding carboxylic acids is 1. The molecular formula is C18H16N2OS. The molecule has 1 amide bonds. The van der Waals surface area contributed by atoms with E-state index in [4.69, 9.17) is 0 Å². The number of fused-ring (bicyclic) bond motifs is 1. The Morgan fingerprint density at radius 1 is 1.14 bits per heavy atom. The Labute approximate surface area is 133 Å². The third-order valence-corrected chi connectivity index (χ3v) is 4.31. The largest absolute Gasteiger partial charge is 0.273 e. The topological polar surface area (TPSA) is 41.5 Å². The highest BCUT2D eigenvalue weighted by atomic mass is 32.1. The van der Waals surface area contributed by atoms with Crippen LogP contribution in [0.1, 0.15) is 15.3 Å². The summed E-state index contributed by atoms with van der Waals surface area (Å²) in [6.07, 6.45) is 2.00. The predicted octanol–water partition coefficient (Wildman–Crippen LogP) is 3.90. The van der Waals surface area contributed by atoms with Crippen LogP contribution in [-0.4, -0.2) is 12.1 Å². The maximum absolute atomic E-state index is 12.0. The fraction of sp³-hybridized carbons (Fsp3) is 0.111. The zero-order valence-electron chi connectivity index (χ0n) is 12.2. The van der Waals surface area contributed by atoms with Crippen molar-refractivity contribution in [3.8, 4) is 0 Å². The van der Waals surface area contributed by atoms with Gasteiger partial charge in [-0.1, -0.05) is 42.5 Å². The fourth-order valence-electron chi connectivity index (χ4n) is 2.35. The molecule has 0 atom stereocenters. The zero-order chi connectivity index (χ0) is 15.4. The summed E-state index contributed by atoms with van der Waals surface area (Å²) in [5.74, 6) is -0.110. The smallest absolute Gasteiger partial charge is 0.244 e. The summed E-state index contributed by atoms with van der Waals surface area (Å²) in [5.41, 5.74) is 3.60. The lowest BCUT2D eigenvalue weighted by atomic mass is 10.0. The molecule has 4 heteroatoms. The third kappa shape index (κ3) is 3.40. The van der Waals surface area contributed by atoms with Gasteiger partial charge in [-0.3, -0.25) is 4.79 Å². The molecule has 0 unspecified atom stereocenters. The van der Waals surface area contributed by atoms with E-state index in [-0.39, 0.29) is 5.91 Å². The van der Waals surface area contributed by atoms with Gasteiger partial charge in [-0.25, -0.2) is 5.43 Å². The SMILES string of the molecule is Cc1ccc(C=NNC(=O)Cc2cccc3ccccc23)s1. The second-order valence-corrected chi connectivity index (χ2v) is 6.38. The average molecular weight is 308 g/mol. The summed E-state index contributed by atoms with van der Waals surface area (Å²) < 4.78 is 0. The van der Waals surface area contributed by atoms with Gasteiger partial charge in [0.05, 0.1) is 12.6 Å². The minimum atomic E-state index is -0.110. The van der Waals surface area contributed by atoms with Crippen molar-refractivity contribution in [2.45, 2.75) is 13.3 Å². The van der Waals surface area contributed by atoms with Crippen LogP contribution in [0.4, 0.5) is 0 Å². The summed E-state index contributed by atoms with van der Waals surface area (Å²) in [5, 5.41) is 6.27. The number of nitrogens with zero attached hydrogens (tertiary/aromatic N) is 1. The molecule has 0 radical (unpaired) electrons. The van der Waals surface area contributed by atoms with Crippen LogP contribution < -0.4 is 5.43 Å². The maximum atomic E-state index is 12.0. The Morgan fingerprint density at radius 3 is 2.77 bits per heavy atom. The van der Waals surface area contributed by atoms with Crippen LogP contribution in [-0.2, 0) is 11.2 Å². The highest BCUT2D eigenvalue weighted by Crippen LogP contribution is 2.18. The van der Waals surface area contributed by atoms with Crippen molar-refractivity contribution in [1.29, 1.82) is 0 Å². The molecule has 0 aliphatic heterocycles. The molecule has 0 aliphatic rings. The van der Waals surface area contributed by atoms with Crippen molar-refractivity contribution >= 4 is 34.2 Å². The number of rotatable bonds is 4. The van der Waals surface area contributed by atoms with Crippen LogP contribution in [0.3, 0.4) is 0 Å². The first kappa shape index (κ1) is 14.5. The Balaban J connectivity index is 1.67. The van der Waals surface area contributed by atoms with Crippen molar-refractivity contribution in [2.24, 2.45) is 5.10 Å². The van der Waals surface area contributed by atoms with Crippen LogP contribution in [0, 0.1) is 6.92 Å². The van der Waals surface area contributed by atoms with E-state index in [1.54, 1.807) is 17.6 Å². The van der Waals surface area contributed by atoms with Gasteiger partial charge in [-0.05, 0) is 35.4 Å². The second kappa shape index (κ2) is 6.54. The molecule has 1 N–H and O–H groups in total. The van der Waals surface area contributed by atoms with Gasteiger partial charge in [-0.15, -0.1) is 11.3 Å². The van der Waals surface area contributed by atoms with Crippen LogP contribution in [0.2, 0.25) is 0 Å². The van der Waals surface area contributed by atoms with Crippen LogP contribution in [0.5, 0.6) is 0 Å². The minimum absolute atomic E-state index is 0.110. The number of nitrogens with one attached hydrogen (secondary N) is 1. The molecule has 0 bridgehead atoms. The Hall–Kier alpha value is -2.46. The Kier molecular flexibility index (Phi) is 4.30. The van der Waals surface area contributed by atoms with Gasteiger partial charge in [0.2, 0.25) is 5.91 Å². The van der Waals surface area contributed by atoms with E-state index >= 15 is 0 Å². The molecule has 110 valence electrons. The minimum Gasteiger partial charge on any atom is -0.273 e. The second-order valence-electron chi connectivity index (χ2n) is 5.06. The van der Waals surface area contributed by atoms with Crippen LogP contribution in [0.25, 0.3) is 10.8 Å². The van der Waals surface area contributed by atoms with Gasteiger partial charge >= 0.3 is 0 Å². The third-order valence-electron chi connectivity index (χ3n) is 3.37. The number of hydrogen-bond acceptors (Lipinski definition) is 3. The van der Waals surface area contributed by atoms with Gasteiger partial charge in [0.15, 0.2) is 0 Å². The summed E-state index contributed by atoms with van der Waals surface area (Å²) >= 11 is 1.64. The molecule has 0 saturated carbocycles. The number of hydrogen-bond donors (Lipinski definition) is 1. The lowest BCUT2D eigenvalue weighted by molar-refractivity contribution is -0.120. The molecule has 3 nitrogen and oxygen atoms in total. The van der Waals surface area contributed by atoms with Gasteiger partial charge in [0.25, 0.3) is 0 Å². The highest BCUT2D eigenvalue weighted by molar-refractivity contribution is 7.13. The molecule has 0 fully saturated rings. The first-order chi connectivity index (χ1) is 10.7. The standard InChI is InChI=1S/C18H16N2OS/c1-13-9-10-16(22-13)12-19-20-18(21)11-15-7-4-6-14-5-2-3-8-17(14)15/h2-10,12H,11H2,1H3,(H,20,21). The quantitative estimate of drug-likeness (QED) is 0.576. The van der Waals surface area contributed by atoms with Gasteiger partial charge in [0, 0.05) is 9.75 Å². The van der Waals surface area contributed by atoms with Crippen LogP contribution in [0.15, 0.2) is 59.7 Å². The van der Waals surface area contributed by atoms with E-state index in [1.807, 2.05) is 61.5 Å². The molecule has 3 aromatic rings. The van der Waals surface area contributed by atoms with Crippen LogP contribution >= 0.6 is 11.3 Å². The number of amides is 1. The number of carbonyl (C=O) groups is 1. The van der Waals surface area contributed by atoms with Gasteiger partial charge < -0.3 is 0 Å². The normalized spacial score (nSPS) is 11.1. The van der Waals surface area contributed by atoms with E-state index < -0.39 is 0 Å². The molecule has 0 aliphatic carbocycles. The highest BCUT2D eigenvalue weighted by Gasteiger charge is 2.05. The average Bonchev–Trinajstić information content (AvgIpc) is 2.93. The number of thiophene rings is 1. The first-order valence-electron chi connectivity index (χ1n) is 7.07. The Morgan fingerprint density at radius 2 is 1.95 bits per heavy atom. The van der Waals surface area contributed by atoms with Gasteiger partial charge in [-0.2, -0.15) is 5.10 Å². The first-order valence-corrected chi connectivity index (χ1v) is 7.89. The lowest BCUT2D eigenvalue weighted by Gasteiger charge is -2.05. The van der Waals surface area contributed by atoms with Crippen molar-refractivity contribution in [3.63, 3.8) is 0 Å².